The summed E-state index contributed by atoms with van der Waals surface area (Å²) in [6.07, 6.45) is 1.93. The average Bonchev–Trinajstić information content (AvgIpc) is 3.26. The maximum atomic E-state index is 13.2. The van der Waals surface area contributed by atoms with Gasteiger partial charge >= 0.3 is 0 Å². The molecule has 4 rings (SSSR count). The second-order valence-corrected chi connectivity index (χ2v) is 8.17. The van der Waals surface area contributed by atoms with Crippen LogP contribution in [-0.2, 0) is 0 Å². The molecule has 3 aromatic heterocycles. The highest BCUT2D eigenvalue weighted by Gasteiger charge is 2.22. The van der Waals surface area contributed by atoms with E-state index in [1.54, 1.807) is 0 Å². The van der Waals surface area contributed by atoms with E-state index in [0.717, 1.165) is 27.3 Å². The number of aromatic nitrogens is 4. The molecule has 7 heteroatoms. The maximum Gasteiger partial charge on any atom is 0.276 e. The topological polar surface area (TPSA) is 72.2 Å². The van der Waals surface area contributed by atoms with Crippen molar-refractivity contribution in [3.8, 4) is 11.3 Å². The highest BCUT2D eigenvalue weighted by Crippen LogP contribution is 2.28. The highest BCUT2D eigenvalue weighted by molar-refractivity contribution is 7.15. The molecule has 1 N–H and O–H groups in total. The lowest BCUT2D eigenvalue weighted by atomic mass is 10.1. The van der Waals surface area contributed by atoms with E-state index in [0.29, 0.717) is 16.5 Å². The molecule has 28 heavy (non-hydrogen) atoms. The zero-order valence-corrected chi connectivity index (χ0v) is 17.0. The van der Waals surface area contributed by atoms with Crippen molar-refractivity contribution in [3.05, 3.63) is 64.4 Å². The molecule has 1 amide bonds. The molecular formula is C21H21N5OS. The van der Waals surface area contributed by atoms with E-state index in [1.165, 1.54) is 11.3 Å². The van der Waals surface area contributed by atoms with Crippen LogP contribution in [0, 0.1) is 13.8 Å². The molecule has 0 aliphatic carbocycles. The van der Waals surface area contributed by atoms with E-state index in [2.05, 4.69) is 29.4 Å². The highest BCUT2D eigenvalue weighted by atomic mass is 32.1. The summed E-state index contributed by atoms with van der Waals surface area (Å²) in [5, 5.41) is 12.5. The Hall–Kier alpha value is -3.06. The molecule has 6 nitrogen and oxygen atoms in total. The minimum absolute atomic E-state index is 0.250. The van der Waals surface area contributed by atoms with Crippen molar-refractivity contribution in [2.45, 2.75) is 33.6 Å². The number of nitrogens with one attached hydrogen (secondary N) is 1. The monoisotopic (exact) mass is 391 g/mol. The third kappa shape index (κ3) is 3.41. The van der Waals surface area contributed by atoms with Gasteiger partial charge in [0.15, 0.2) is 0 Å². The van der Waals surface area contributed by atoms with E-state index in [4.69, 9.17) is 4.98 Å². The number of rotatable bonds is 4. The molecule has 0 fully saturated rings. The second-order valence-electron chi connectivity index (χ2n) is 7.16. The van der Waals surface area contributed by atoms with Crippen LogP contribution in [0.1, 0.15) is 46.4 Å². The van der Waals surface area contributed by atoms with E-state index in [-0.39, 0.29) is 11.8 Å². The Bertz CT molecular complexity index is 1160. The van der Waals surface area contributed by atoms with Crippen LogP contribution < -0.4 is 5.32 Å². The van der Waals surface area contributed by atoms with Crippen LogP contribution in [0.15, 0.2) is 42.6 Å². The van der Waals surface area contributed by atoms with Gasteiger partial charge < -0.3 is 0 Å². The fourth-order valence-corrected chi connectivity index (χ4v) is 3.70. The number of hydrogen-bond donors (Lipinski definition) is 1. The Kier molecular flexibility index (Phi) is 4.68. The molecule has 0 saturated carbocycles. The number of nitrogens with zero attached hydrogens (tertiary/aromatic N) is 4. The molecule has 142 valence electrons. The number of carbonyl (C=O) groups is 1. The summed E-state index contributed by atoms with van der Waals surface area (Å²) in [7, 11) is 0. The van der Waals surface area contributed by atoms with E-state index in [9.17, 15) is 4.79 Å². The van der Waals surface area contributed by atoms with Crippen molar-refractivity contribution in [2.75, 3.05) is 5.32 Å². The van der Waals surface area contributed by atoms with Gasteiger partial charge in [-0.05, 0) is 25.5 Å². The lowest BCUT2D eigenvalue weighted by Gasteiger charge is -2.06. The maximum absolute atomic E-state index is 13.2. The van der Waals surface area contributed by atoms with Gasteiger partial charge in [-0.2, -0.15) is 0 Å². The normalized spacial score (nSPS) is 11.3. The van der Waals surface area contributed by atoms with Crippen LogP contribution in [0.3, 0.4) is 0 Å². The number of fused-ring (bicyclic) bond motifs is 1. The summed E-state index contributed by atoms with van der Waals surface area (Å²) in [5.74, 6) is 0.0184. The first-order valence-electron chi connectivity index (χ1n) is 9.13. The van der Waals surface area contributed by atoms with Crippen molar-refractivity contribution in [1.82, 2.24) is 19.6 Å². The molecule has 0 spiro atoms. The zero-order valence-electron chi connectivity index (χ0n) is 16.2. The largest absolute Gasteiger partial charge is 0.295 e. The Morgan fingerprint density at radius 1 is 1.04 bits per heavy atom. The Labute approximate surface area is 167 Å². The number of hydrogen-bond acceptors (Lipinski definition) is 5. The van der Waals surface area contributed by atoms with E-state index >= 15 is 0 Å². The van der Waals surface area contributed by atoms with E-state index in [1.807, 2.05) is 60.8 Å². The molecule has 1 aromatic carbocycles. The first kappa shape index (κ1) is 18.3. The van der Waals surface area contributed by atoms with Crippen LogP contribution in [0.5, 0.6) is 0 Å². The summed E-state index contributed by atoms with van der Waals surface area (Å²) in [6.45, 7) is 8.13. The van der Waals surface area contributed by atoms with Gasteiger partial charge in [0.2, 0.25) is 5.13 Å². The first-order chi connectivity index (χ1) is 13.4. The third-order valence-corrected chi connectivity index (χ3v) is 5.60. The van der Waals surface area contributed by atoms with Crippen molar-refractivity contribution in [2.24, 2.45) is 0 Å². The molecule has 0 atom stereocenters. The number of anilines is 1. The summed E-state index contributed by atoms with van der Waals surface area (Å²) in [6, 6.07) is 11.9. The predicted octanol–water partition coefficient (Wildman–Crippen LogP) is 4.85. The fourth-order valence-electron chi connectivity index (χ4n) is 2.96. The van der Waals surface area contributed by atoms with Crippen LogP contribution in [0.2, 0.25) is 0 Å². The molecule has 0 saturated heterocycles. The lowest BCUT2D eigenvalue weighted by molar-refractivity contribution is 0.102. The molecule has 3 heterocycles. The van der Waals surface area contributed by atoms with Gasteiger partial charge in [-0.15, -0.1) is 10.2 Å². The lowest BCUT2D eigenvalue weighted by Crippen LogP contribution is -2.15. The Morgan fingerprint density at radius 2 is 1.75 bits per heavy atom. The number of pyridine rings is 1. The SMILES string of the molecule is Cc1ccc(-c2nc3ccc(C)cn3c2C(=O)Nc2nnc(C(C)C)s2)cc1. The second kappa shape index (κ2) is 7.16. The summed E-state index contributed by atoms with van der Waals surface area (Å²) < 4.78 is 1.84. The Morgan fingerprint density at radius 3 is 2.43 bits per heavy atom. The average molecular weight is 392 g/mol. The minimum Gasteiger partial charge on any atom is -0.295 e. The van der Waals surface area contributed by atoms with Gasteiger partial charge in [-0.25, -0.2) is 4.98 Å². The van der Waals surface area contributed by atoms with Crippen molar-refractivity contribution >= 4 is 28.0 Å². The fraction of sp³-hybridized carbons (Fsp3) is 0.238. The van der Waals surface area contributed by atoms with Crippen molar-refractivity contribution in [3.63, 3.8) is 0 Å². The van der Waals surface area contributed by atoms with Gasteiger partial charge in [0.25, 0.3) is 5.91 Å². The number of amides is 1. The van der Waals surface area contributed by atoms with Gasteiger partial charge in [0.05, 0.1) is 0 Å². The summed E-state index contributed by atoms with van der Waals surface area (Å²) in [5.41, 5.74) is 4.97. The molecule has 0 radical (unpaired) electrons. The quantitative estimate of drug-likeness (QED) is 0.540. The zero-order chi connectivity index (χ0) is 19.8. The predicted molar refractivity (Wildman–Crippen MR) is 112 cm³/mol. The van der Waals surface area contributed by atoms with Crippen LogP contribution in [0.4, 0.5) is 5.13 Å². The van der Waals surface area contributed by atoms with Crippen molar-refractivity contribution < 1.29 is 4.79 Å². The van der Waals surface area contributed by atoms with Gasteiger partial charge in [0, 0.05) is 17.7 Å². The molecule has 0 unspecified atom stereocenters. The molecule has 4 aromatic rings. The van der Waals surface area contributed by atoms with Crippen molar-refractivity contribution in [1.29, 1.82) is 0 Å². The van der Waals surface area contributed by atoms with Gasteiger partial charge in [0.1, 0.15) is 22.0 Å². The smallest absolute Gasteiger partial charge is 0.276 e. The summed E-state index contributed by atoms with van der Waals surface area (Å²) >= 11 is 1.39. The Balaban J connectivity index is 1.80. The number of benzene rings is 1. The number of aryl methyl sites for hydroxylation is 2. The van der Waals surface area contributed by atoms with Crippen LogP contribution in [-0.4, -0.2) is 25.5 Å². The van der Waals surface area contributed by atoms with E-state index < -0.39 is 0 Å². The molecule has 0 aliphatic heterocycles. The molecule has 0 aliphatic rings. The third-order valence-electron chi connectivity index (χ3n) is 4.46. The number of carbonyl (C=O) groups excluding carboxylic acids is 1. The molecular weight excluding hydrogens is 370 g/mol. The van der Waals surface area contributed by atoms with Crippen LogP contribution >= 0.6 is 11.3 Å². The van der Waals surface area contributed by atoms with Gasteiger partial charge in [-0.3, -0.25) is 14.5 Å². The number of imidazole rings is 1. The van der Waals surface area contributed by atoms with Crippen LogP contribution in [0.25, 0.3) is 16.9 Å². The first-order valence-corrected chi connectivity index (χ1v) is 9.94. The van der Waals surface area contributed by atoms with Gasteiger partial charge in [-0.1, -0.05) is 61.1 Å². The molecule has 0 bridgehead atoms. The standard InChI is InChI=1S/C21H21N5OS/c1-12(2)20-24-25-21(28-20)23-19(27)18-17(15-8-5-13(3)6-9-15)22-16-10-7-14(4)11-26(16)18/h5-12H,1-4H3,(H,23,25,27). The minimum atomic E-state index is -0.250. The summed E-state index contributed by atoms with van der Waals surface area (Å²) in [4.78, 5) is 17.9.